The second-order valence-corrected chi connectivity index (χ2v) is 15.5. The topological polar surface area (TPSA) is 65.2 Å². The molecule has 8 rings (SSSR count). The Hall–Kier alpha value is -3.08. The first kappa shape index (κ1) is 27.7. The SMILES string of the molecule is Cc1[nH]c2ccccc2c1C1C(CC(=O)N(Cc2ccccc2)C(C)(C)C(=O)NC23CC4CC(CC(C4)C2)C3)C1(C)C. The standard InChI is InChI=1S/C37H47N3O2/c1-23-32(28-13-9-10-14-30(28)38-23)33-29(35(33,2)3)18-31(41)40(22-24-11-7-6-8-12-24)36(4,5)34(42)39-37-19-25-15-26(20-37)17-27(16-25)21-37/h6-14,25-27,29,33,38H,15-22H2,1-5H3,(H,39,42). The van der Waals surface area contributed by atoms with E-state index in [4.69, 9.17) is 0 Å². The van der Waals surface area contributed by atoms with Crippen LogP contribution in [-0.2, 0) is 16.1 Å². The molecule has 2 unspecified atom stereocenters. The number of fused-ring (bicyclic) bond motifs is 1. The van der Waals surface area contributed by atoms with Crippen LogP contribution < -0.4 is 5.32 Å². The van der Waals surface area contributed by atoms with Gasteiger partial charge in [0.25, 0.3) is 0 Å². The third kappa shape index (κ3) is 4.59. The second kappa shape index (κ2) is 9.72. The summed E-state index contributed by atoms with van der Waals surface area (Å²) in [7, 11) is 0. The number of hydrogen-bond donors (Lipinski definition) is 2. The van der Waals surface area contributed by atoms with E-state index in [2.05, 4.69) is 67.5 Å². The molecule has 5 saturated carbocycles. The number of H-pyrrole nitrogens is 1. The van der Waals surface area contributed by atoms with Crippen molar-refractivity contribution in [3.63, 3.8) is 0 Å². The predicted octanol–water partition coefficient (Wildman–Crippen LogP) is 7.50. The minimum Gasteiger partial charge on any atom is -0.358 e. The fourth-order valence-corrected chi connectivity index (χ4v) is 9.84. The van der Waals surface area contributed by atoms with Crippen LogP contribution in [0.5, 0.6) is 0 Å². The van der Waals surface area contributed by atoms with Crippen LogP contribution in [0, 0.1) is 36.0 Å². The van der Waals surface area contributed by atoms with Gasteiger partial charge in [-0.3, -0.25) is 9.59 Å². The summed E-state index contributed by atoms with van der Waals surface area (Å²) in [5.41, 5.74) is 3.73. The highest BCUT2D eigenvalue weighted by molar-refractivity contribution is 5.92. The van der Waals surface area contributed by atoms with Crippen molar-refractivity contribution in [2.75, 3.05) is 0 Å². The maximum atomic E-state index is 14.4. The maximum absolute atomic E-state index is 14.4. The average Bonchev–Trinajstić information content (AvgIpc) is 3.27. The predicted molar refractivity (Wildman–Crippen MR) is 168 cm³/mol. The molecule has 42 heavy (non-hydrogen) atoms. The highest BCUT2D eigenvalue weighted by Gasteiger charge is 2.60. The Balaban J connectivity index is 1.14. The molecule has 0 spiro atoms. The van der Waals surface area contributed by atoms with Crippen molar-refractivity contribution in [2.45, 2.75) is 103 Å². The minimum atomic E-state index is -0.957. The average molecular weight is 566 g/mol. The van der Waals surface area contributed by atoms with Gasteiger partial charge in [-0.2, -0.15) is 0 Å². The Kier molecular flexibility index (Phi) is 6.42. The quantitative estimate of drug-likeness (QED) is 0.297. The first-order chi connectivity index (χ1) is 20.0. The summed E-state index contributed by atoms with van der Waals surface area (Å²) in [4.78, 5) is 34.1. The van der Waals surface area contributed by atoms with Gasteiger partial charge in [0, 0.05) is 35.1 Å². The third-order valence-electron chi connectivity index (χ3n) is 11.8. The molecule has 5 nitrogen and oxygen atoms in total. The summed E-state index contributed by atoms with van der Waals surface area (Å²) < 4.78 is 0. The number of nitrogens with one attached hydrogen (secondary N) is 2. The molecule has 0 aliphatic heterocycles. The van der Waals surface area contributed by atoms with Crippen LogP contribution in [-0.4, -0.2) is 32.8 Å². The van der Waals surface area contributed by atoms with Gasteiger partial charge in [0.05, 0.1) is 0 Å². The molecular weight excluding hydrogens is 518 g/mol. The summed E-state index contributed by atoms with van der Waals surface area (Å²) >= 11 is 0. The number of carbonyl (C=O) groups excluding carboxylic acids is 2. The van der Waals surface area contributed by atoms with Gasteiger partial charge < -0.3 is 15.2 Å². The van der Waals surface area contributed by atoms with Gasteiger partial charge in [0.1, 0.15) is 5.54 Å². The molecule has 2 aromatic carbocycles. The lowest BCUT2D eigenvalue weighted by Crippen LogP contribution is -2.65. The van der Waals surface area contributed by atoms with E-state index in [-0.39, 0.29) is 28.7 Å². The van der Waals surface area contributed by atoms with Gasteiger partial charge in [-0.1, -0.05) is 62.4 Å². The fourth-order valence-electron chi connectivity index (χ4n) is 9.84. The van der Waals surface area contributed by atoms with E-state index in [0.717, 1.165) is 48.1 Å². The number of nitrogens with zero attached hydrogens (tertiary/aromatic N) is 1. The normalized spacial score (nSPS) is 30.8. The van der Waals surface area contributed by atoms with Crippen LogP contribution in [0.15, 0.2) is 54.6 Å². The van der Waals surface area contributed by atoms with Crippen LogP contribution in [0.4, 0.5) is 0 Å². The highest BCUT2D eigenvalue weighted by Crippen LogP contribution is 2.67. The van der Waals surface area contributed by atoms with Crippen LogP contribution in [0.3, 0.4) is 0 Å². The molecule has 4 bridgehead atoms. The lowest BCUT2D eigenvalue weighted by Gasteiger charge is -2.57. The minimum absolute atomic E-state index is 0.00723. The Morgan fingerprint density at radius 1 is 0.929 bits per heavy atom. The van der Waals surface area contributed by atoms with Crippen molar-refractivity contribution in [2.24, 2.45) is 29.1 Å². The van der Waals surface area contributed by atoms with Gasteiger partial charge in [-0.25, -0.2) is 0 Å². The van der Waals surface area contributed by atoms with E-state index in [1.165, 1.54) is 35.9 Å². The smallest absolute Gasteiger partial charge is 0.245 e. The van der Waals surface area contributed by atoms with Crippen LogP contribution >= 0.6 is 0 Å². The summed E-state index contributed by atoms with van der Waals surface area (Å²) in [6.45, 7) is 11.1. The fraction of sp³-hybridized carbons (Fsp3) is 0.568. The van der Waals surface area contributed by atoms with Crippen molar-refractivity contribution < 1.29 is 9.59 Å². The molecule has 3 aromatic rings. The molecule has 5 fully saturated rings. The molecule has 0 saturated heterocycles. The molecule has 5 aliphatic carbocycles. The van der Waals surface area contributed by atoms with Gasteiger partial charge >= 0.3 is 0 Å². The molecule has 222 valence electrons. The molecule has 2 atom stereocenters. The van der Waals surface area contributed by atoms with Gasteiger partial charge in [0.15, 0.2) is 0 Å². The van der Waals surface area contributed by atoms with E-state index in [9.17, 15) is 9.59 Å². The Morgan fingerprint density at radius 3 is 2.17 bits per heavy atom. The molecule has 5 heteroatoms. The number of hydrogen-bond acceptors (Lipinski definition) is 2. The Morgan fingerprint density at radius 2 is 1.52 bits per heavy atom. The van der Waals surface area contributed by atoms with Crippen molar-refractivity contribution in [1.82, 2.24) is 15.2 Å². The number of benzene rings is 2. The number of para-hydroxylation sites is 1. The lowest BCUT2D eigenvalue weighted by molar-refractivity contribution is -0.150. The van der Waals surface area contributed by atoms with E-state index in [0.29, 0.717) is 18.9 Å². The van der Waals surface area contributed by atoms with Crippen molar-refractivity contribution in [3.05, 3.63) is 71.4 Å². The molecule has 1 aromatic heterocycles. The van der Waals surface area contributed by atoms with Crippen molar-refractivity contribution in [3.8, 4) is 0 Å². The molecular formula is C37H47N3O2. The zero-order valence-corrected chi connectivity index (χ0v) is 26.0. The highest BCUT2D eigenvalue weighted by atomic mass is 16.2. The number of aryl methyl sites for hydroxylation is 1. The number of carbonyl (C=O) groups is 2. The molecule has 2 N–H and O–H groups in total. The maximum Gasteiger partial charge on any atom is 0.245 e. The van der Waals surface area contributed by atoms with Crippen molar-refractivity contribution >= 4 is 22.7 Å². The number of aromatic amines is 1. The first-order valence-corrected chi connectivity index (χ1v) is 16.2. The van der Waals surface area contributed by atoms with Crippen LogP contribution in [0.25, 0.3) is 10.9 Å². The van der Waals surface area contributed by atoms with E-state index in [1.807, 2.05) is 36.9 Å². The zero-order valence-electron chi connectivity index (χ0n) is 26.0. The largest absolute Gasteiger partial charge is 0.358 e. The number of amides is 2. The zero-order chi connectivity index (χ0) is 29.4. The van der Waals surface area contributed by atoms with Crippen molar-refractivity contribution in [1.29, 1.82) is 0 Å². The second-order valence-electron chi connectivity index (χ2n) is 15.5. The number of aromatic nitrogens is 1. The van der Waals surface area contributed by atoms with Gasteiger partial charge in [-0.15, -0.1) is 0 Å². The van der Waals surface area contributed by atoms with Crippen LogP contribution in [0.2, 0.25) is 0 Å². The summed E-state index contributed by atoms with van der Waals surface area (Å²) in [6.07, 6.45) is 7.78. The Labute approximate surface area is 250 Å². The first-order valence-electron chi connectivity index (χ1n) is 16.2. The van der Waals surface area contributed by atoms with Crippen LogP contribution in [0.1, 0.15) is 95.4 Å². The molecule has 0 radical (unpaired) electrons. The van der Waals surface area contributed by atoms with E-state index in [1.54, 1.807) is 0 Å². The monoisotopic (exact) mass is 565 g/mol. The summed E-state index contributed by atoms with van der Waals surface area (Å²) in [5, 5.41) is 4.86. The van der Waals surface area contributed by atoms with Gasteiger partial charge in [0.2, 0.25) is 11.8 Å². The van der Waals surface area contributed by atoms with E-state index < -0.39 is 5.54 Å². The Bertz CT molecular complexity index is 1480. The summed E-state index contributed by atoms with van der Waals surface area (Å²) in [5.74, 6) is 2.87. The molecule has 2 amide bonds. The molecule has 1 heterocycles. The third-order valence-corrected chi connectivity index (χ3v) is 11.8. The number of rotatable bonds is 8. The van der Waals surface area contributed by atoms with Gasteiger partial charge in [-0.05, 0) is 111 Å². The lowest BCUT2D eigenvalue weighted by atomic mass is 9.53. The molecule has 5 aliphatic rings. The summed E-state index contributed by atoms with van der Waals surface area (Å²) in [6, 6.07) is 18.6. The van der Waals surface area contributed by atoms with E-state index >= 15 is 0 Å².